The van der Waals surface area contributed by atoms with E-state index in [9.17, 15) is 13.2 Å². The second-order valence-electron chi connectivity index (χ2n) is 5.22. The van der Waals surface area contributed by atoms with Crippen molar-refractivity contribution in [1.29, 1.82) is 0 Å². The van der Waals surface area contributed by atoms with Crippen molar-refractivity contribution in [3.8, 4) is 0 Å². The van der Waals surface area contributed by atoms with Crippen LogP contribution in [0.1, 0.15) is 24.1 Å². The summed E-state index contributed by atoms with van der Waals surface area (Å²) in [5, 5.41) is 3.12. The molecule has 0 amide bonds. The fourth-order valence-corrected chi connectivity index (χ4v) is 2.31. The summed E-state index contributed by atoms with van der Waals surface area (Å²) >= 11 is 0. The lowest BCUT2D eigenvalue weighted by molar-refractivity contribution is -0.138. The van der Waals surface area contributed by atoms with Crippen molar-refractivity contribution in [2.45, 2.75) is 19.1 Å². The molecule has 1 aromatic carbocycles. The highest BCUT2D eigenvalue weighted by atomic mass is 19.4. The van der Waals surface area contributed by atoms with Gasteiger partial charge in [-0.2, -0.15) is 13.2 Å². The van der Waals surface area contributed by atoms with Gasteiger partial charge < -0.3 is 10.2 Å². The van der Waals surface area contributed by atoms with Crippen LogP contribution in [-0.2, 0) is 6.18 Å². The van der Waals surface area contributed by atoms with Crippen LogP contribution in [0.2, 0.25) is 0 Å². The van der Waals surface area contributed by atoms with Crippen LogP contribution in [0.15, 0.2) is 42.6 Å². The van der Waals surface area contributed by atoms with Gasteiger partial charge in [-0.3, -0.25) is 0 Å². The van der Waals surface area contributed by atoms with Gasteiger partial charge in [0.05, 0.1) is 11.3 Å². The first-order valence-electron chi connectivity index (χ1n) is 6.85. The summed E-state index contributed by atoms with van der Waals surface area (Å²) in [5.41, 5.74) is 0.283. The van der Waals surface area contributed by atoms with Crippen LogP contribution in [0.5, 0.6) is 0 Å². The van der Waals surface area contributed by atoms with E-state index in [0.717, 1.165) is 6.07 Å². The molecule has 0 radical (unpaired) electrons. The van der Waals surface area contributed by atoms with Crippen LogP contribution < -0.4 is 10.2 Å². The van der Waals surface area contributed by atoms with Crippen LogP contribution in [0.25, 0.3) is 0 Å². The van der Waals surface area contributed by atoms with E-state index < -0.39 is 17.8 Å². The van der Waals surface area contributed by atoms with E-state index in [1.165, 1.54) is 12.1 Å². The molecule has 0 bridgehead atoms. The van der Waals surface area contributed by atoms with Crippen molar-refractivity contribution in [1.82, 2.24) is 4.98 Å². The number of anilines is 2. The third-order valence-electron chi connectivity index (χ3n) is 3.31. The Balaban J connectivity index is 2.33. The number of rotatable bonds is 4. The zero-order chi connectivity index (χ0) is 16.3. The van der Waals surface area contributed by atoms with E-state index in [4.69, 9.17) is 0 Å². The van der Waals surface area contributed by atoms with Gasteiger partial charge >= 0.3 is 6.18 Å². The number of hydrogen-bond acceptors (Lipinski definition) is 3. The Morgan fingerprint density at radius 2 is 1.77 bits per heavy atom. The summed E-state index contributed by atoms with van der Waals surface area (Å²) in [5.74, 6) is 0.679. The quantitative estimate of drug-likeness (QED) is 0.910. The first-order chi connectivity index (χ1) is 10.3. The molecule has 1 aromatic heterocycles. The summed E-state index contributed by atoms with van der Waals surface area (Å²) in [6.45, 7) is 1.71. The summed E-state index contributed by atoms with van der Waals surface area (Å²) in [7, 11) is 3.67. The van der Waals surface area contributed by atoms with E-state index in [2.05, 4.69) is 10.3 Å². The number of halogens is 3. The number of hydrogen-bond donors (Lipinski definition) is 1. The Labute approximate surface area is 127 Å². The van der Waals surface area contributed by atoms with Crippen LogP contribution in [-0.4, -0.2) is 19.1 Å². The van der Waals surface area contributed by atoms with Crippen molar-refractivity contribution in [3.05, 3.63) is 53.7 Å². The minimum atomic E-state index is -4.37. The maximum Gasteiger partial charge on any atom is 0.416 e. The number of nitrogens with one attached hydrogen (secondary N) is 1. The number of pyridine rings is 1. The lowest BCUT2D eigenvalue weighted by atomic mass is 10.0. The van der Waals surface area contributed by atoms with E-state index in [-0.39, 0.29) is 5.56 Å². The van der Waals surface area contributed by atoms with E-state index in [0.29, 0.717) is 11.5 Å². The van der Waals surface area contributed by atoms with Gasteiger partial charge in [0.2, 0.25) is 0 Å². The largest absolute Gasteiger partial charge is 0.416 e. The van der Waals surface area contributed by atoms with Gasteiger partial charge in [0.15, 0.2) is 5.82 Å². The molecule has 1 N–H and O–H groups in total. The number of benzene rings is 1. The average molecular weight is 309 g/mol. The summed E-state index contributed by atoms with van der Waals surface area (Å²) in [6.07, 6.45) is -2.72. The minimum Gasteiger partial charge on any atom is -0.376 e. The first-order valence-corrected chi connectivity index (χ1v) is 6.85. The summed E-state index contributed by atoms with van der Waals surface area (Å²) in [4.78, 5) is 6.05. The van der Waals surface area contributed by atoms with Crippen LogP contribution in [0.4, 0.5) is 24.7 Å². The lowest BCUT2D eigenvalue weighted by Crippen LogP contribution is -2.18. The van der Waals surface area contributed by atoms with E-state index in [1.807, 2.05) is 19.0 Å². The van der Waals surface area contributed by atoms with Gasteiger partial charge in [0.1, 0.15) is 0 Å². The molecule has 22 heavy (non-hydrogen) atoms. The van der Waals surface area contributed by atoms with E-state index in [1.54, 1.807) is 31.3 Å². The fourth-order valence-electron chi connectivity index (χ4n) is 2.31. The molecule has 0 aliphatic carbocycles. The maximum absolute atomic E-state index is 13.1. The Bertz CT molecular complexity index is 639. The van der Waals surface area contributed by atoms with Crippen molar-refractivity contribution < 1.29 is 13.2 Å². The molecule has 2 rings (SSSR count). The third kappa shape index (κ3) is 3.50. The number of alkyl halides is 3. The first kappa shape index (κ1) is 16.1. The third-order valence-corrected chi connectivity index (χ3v) is 3.31. The zero-order valence-corrected chi connectivity index (χ0v) is 12.6. The van der Waals surface area contributed by atoms with Gasteiger partial charge in [-0.05, 0) is 30.7 Å². The fraction of sp³-hybridized carbons (Fsp3) is 0.312. The number of nitrogens with zero attached hydrogens (tertiary/aromatic N) is 2. The minimum absolute atomic E-state index is 0.212. The molecule has 6 heteroatoms. The molecule has 0 fully saturated rings. The molecule has 0 spiro atoms. The van der Waals surface area contributed by atoms with Gasteiger partial charge in [0, 0.05) is 26.3 Å². The molecule has 0 unspecified atom stereocenters. The second kappa shape index (κ2) is 6.25. The highest BCUT2D eigenvalue weighted by molar-refractivity contribution is 5.65. The van der Waals surface area contributed by atoms with Crippen molar-refractivity contribution in [2.75, 3.05) is 24.3 Å². The highest BCUT2D eigenvalue weighted by Gasteiger charge is 2.34. The van der Waals surface area contributed by atoms with Crippen molar-refractivity contribution >= 4 is 11.5 Å². The molecule has 0 aliphatic heterocycles. The summed E-state index contributed by atoms with van der Waals surface area (Å²) in [6, 6.07) is 8.65. The van der Waals surface area contributed by atoms with Crippen LogP contribution in [0, 0.1) is 0 Å². The standard InChI is InChI=1S/C16H18F3N3/c1-11(12-7-4-5-8-13(12)16(17,18)19)21-14-9-6-10-20-15(14)22(2)3/h4-11,21H,1-3H3/t11-/m0/s1. The molecule has 3 nitrogen and oxygen atoms in total. The second-order valence-corrected chi connectivity index (χ2v) is 5.22. The number of aromatic nitrogens is 1. The topological polar surface area (TPSA) is 28.2 Å². The molecule has 2 aromatic rings. The Kier molecular flexibility index (Phi) is 4.59. The Morgan fingerprint density at radius 1 is 1.09 bits per heavy atom. The van der Waals surface area contributed by atoms with Crippen LogP contribution in [0.3, 0.4) is 0 Å². The predicted octanol–water partition coefficient (Wildman–Crippen LogP) is 4.34. The van der Waals surface area contributed by atoms with Crippen molar-refractivity contribution in [2.24, 2.45) is 0 Å². The zero-order valence-electron chi connectivity index (χ0n) is 12.6. The Morgan fingerprint density at radius 3 is 2.41 bits per heavy atom. The molecular formula is C16H18F3N3. The molecule has 1 atom stereocenters. The van der Waals surface area contributed by atoms with Gasteiger partial charge in [-0.15, -0.1) is 0 Å². The van der Waals surface area contributed by atoms with Gasteiger partial charge in [-0.1, -0.05) is 18.2 Å². The maximum atomic E-state index is 13.1. The monoisotopic (exact) mass is 309 g/mol. The highest BCUT2D eigenvalue weighted by Crippen LogP contribution is 2.36. The predicted molar refractivity (Wildman–Crippen MR) is 82.0 cm³/mol. The molecule has 118 valence electrons. The molecule has 0 aliphatic rings. The SMILES string of the molecule is C[C@H](Nc1cccnc1N(C)C)c1ccccc1C(F)(F)F. The lowest BCUT2D eigenvalue weighted by Gasteiger charge is -2.23. The van der Waals surface area contributed by atoms with Crippen LogP contribution >= 0.6 is 0 Å². The van der Waals surface area contributed by atoms with E-state index >= 15 is 0 Å². The van der Waals surface area contributed by atoms with Gasteiger partial charge in [0.25, 0.3) is 0 Å². The van der Waals surface area contributed by atoms with Crippen molar-refractivity contribution in [3.63, 3.8) is 0 Å². The Hall–Kier alpha value is -2.24. The molecule has 0 saturated heterocycles. The molecule has 1 heterocycles. The molecule has 0 saturated carbocycles. The normalized spacial score (nSPS) is 12.8. The molecular weight excluding hydrogens is 291 g/mol. The smallest absolute Gasteiger partial charge is 0.376 e. The summed E-state index contributed by atoms with van der Waals surface area (Å²) < 4.78 is 39.3. The van der Waals surface area contributed by atoms with Gasteiger partial charge in [-0.25, -0.2) is 4.98 Å². The average Bonchev–Trinajstić information content (AvgIpc) is 2.46.